The number of aromatic nitrogens is 3. The highest BCUT2D eigenvalue weighted by Gasteiger charge is 2.24. The summed E-state index contributed by atoms with van der Waals surface area (Å²) in [4.78, 5) is 7.27. The maximum Gasteiger partial charge on any atom is 0.206 e. The molecule has 2 aliphatic rings. The molecule has 0 amide bonds. The van der Waals surface area contributed by atoms with Crippen molar-refractivity contribution in [1.82, 2.24) is 20.1 Å². The number of nitrogens with zero attached hydrogens (tertiary/aromatic N) is 4. The fourth-order valence-corrected chi connectivity index (χ4v) is 4.28. The van der Waals surface area contributed by atoms with Gasteiger partial charge in [0.1, 0.15) is 5.69 Å². The van der Waals surface area contributed by atoms with Crippen LogP contribution in [0.5, 0.6) is 0 Å². The lowest BCUT2D eigenvalue weighted by Gasteiger charge is -2.29. The molecule has 2 aromatic carbocycles. The first-order chi connectivity index (χ1) is 14.9. The summed E-state index contributed by atoms with van der Waals surface area (Å²) in [6, 6.07) is 18.9. The lowest BCUT2D eigenvalue weighted by Crippen LogP contribution is -2.36. The van der Waals surface area contributed by atoms with Gasteiger partial charge in [0, 0.05) is 36.1 Å². The molecule has 6 rings (SSSR count). The third-order valence-electron chi connectivity index (χ3n) is 5.83. The summed E-state index contributed by atoms with van der Waals surface area (Å²) >= 11 is 0. The number of fused-ring (bicyclic) bond motifs is 2. The number of anilines is 1. The molecule has 4 aromatic rings. The average Bonchev–Trinajstić information content (AvgIpc) is 3.47. The van der Waals surface area contributed by atoms with Gasteiger partial charge in [-0.2, -0.15) is 5.10 Å². The van der Waals surface area contributed by atoms with Gasteiger partial charge in [-0.3, -0.25) is 5.32 Å². The van der Waals surface area contributed by atoms with Gasteiger partial charge in [0.15, 0.2) is 0 Å². The van der Waals surface area contributed by atoms with Gasteiger partial charge >= 0.3 is 0 Å². The molecule has 7 heteroatoms. The number of pyridine rings is 1. The topological polar surface area (TPSA) is 64.4 Å². The van der Waals surface area contributed by atoms with Crippen molar-refractivity contribution < 1.29 is 9.47 Å². The molecule has 2 fully saturated rings. The lowest BCUT2D eigenvalue weighted by atomic mass is 10.1. The van der Waals surface area contributed by atoms with Gasteiger partial charge in [-0.15, -0.1) is 0 Å². The van der Waals surface area contributed by atoms with Crippen LogP contribution < -0.4 is 10.2 Å². The Balaban J connectivity index is 1.52. The largest absolute Gasteiger partial charge is 0.378 e. The zero-order valence-electron chi connectivity index (χ0n) is 16.6. The van der Waals surface area contributed by atoms with Crippen molar-refractivity contribution >= 4 is 27.5 Å². The molecule has 1 atom stereocenters. The molecule has 0 spiro atoms. The maximum absolute atomic E-state index is 5.86. The Morgan fingerprint density at radius 1 is 0.967 bits per heavy atom. The molecule has 2 aliphatic heterocycles. The average molecular weight is 401 g/mol. The molecule has 4 heterocycles. The summed E-state index contributed by atoms with van der Waals surface area (Å²) in [6.07, 6.45) is -0.254. The van der Waals surface area contributed by atoms with Gasteiger partial charge in [0.2, 0.25) is 6.35 Å². The first kappa shape index (κ1) is 17.8. The van der Waals surface area contributed by atoms with Crippen molar-refractivity contribution in [2.24, 2.45) is 0 Å². The molecule has 0 saturated carbocycles. The van der Waals surface area contributed by atoms with Gasteiger partial charge in [-0.05, 0) is 30.3 Å². The molecule has 0 bridgehead atoms. The van der Waals surface area contributed by atoms with Crippen molar-refractivity contribution in [3.8, 4) is 11.4 Å². The van der Waals surface area contributed by atoms with Crippen LogP contribution in [-0.2, 0) is 9.47 Å². The minimum atomic E-state index is -0.254. The summed E-state index contributed by atoms with van der Waals surface area (Å²) in [5.74, 6) is 0. The second kappa shape index (κ2) is 7.36. The van der Waals surface area contributed by atoms with Crippen molar-refractivity contribution in [2.45, 2.75) is 6.35 Å². The molecule has 2 aromatic heterocycles. The van der Waals surface area contributed by atoms with Gasteiger partial charge in [-0.25, -0.2) is 9.67 Å². The molecule has 30 heavy (non-hydrogen) atoms. The number of nitrogens with one attached hydrogen (secondary N) is 1. The Hall–Kier alpha value is -3.00. The third kappa shape index (κ3) is 3.02. The van der Waals surface area contributed by atoms with E-state index in [-0.39, 0.29) is 6.35 Å². The smallest absolute Gasteiger partial charge is 0.206 e. The molecule has 1 N–H and O–H groups in total. The summed E-state index contributed by atoms with van der Waals surface area (Å²) in [5, 5.41) is 10.5. The molecular weight excluding hydrogens is 378 g/mol. The fraction of sp³-hybridized carbons (Fsp3) is 0.304. The number of hydrogen-bond donors (Lipinski definition) is 1. The number of rotatable bonds is 3. The van der Waals surface area contributed by atoms with Gasteiger partial charge in [0.25, 0.3) is 0 Å². The summed E-state index contributed by atoms with van der Waals surface area (Å²) in [6.45, 7) is 4.82. The van der Waals surface area contributed by atoms with E-state index in [0.717, 1.165) is 66.0 Å². The monoisotopic (exact) mass is 401 g/mol. The van der Waals surface area contributed by atoms with Crippen LogP contribution in [0.1, 0.15) is 6.35 Å². The quantitative estimate of drug-likeness (QED) is 0.569. The first-order valence-electron chi connectivity index (χ1n) is 10.4. The van der Waals surface area contributed by atoms with E-state index in [4.69, 9.17) is 19.6 Å². The second-order valence-electron chi connectivity index (χ2n) is 7.66. The van der Waals surface area contributed by atoms with Crippen molar-refractivity contribution in [3.63, 3.8) is 0 Å². The van der Waals surface area contributed by atoms with E-state index in [1.807, 2.05) is 22.9 Å². The second-order valence-corrected chi connectivity index (χ2v) is 7.66. The van der Waals surface area contributed by atoms with Crippen molar-refractivity contribution in [2.75, 3.05) is 44.4 Å². The first-order valence-corrected chi connectivity index (χ1v) is 10.4. The molecule has 152 valence electrons. The number of ether oxygens (including phenoxy) is 2. The maximum atomic E-state index is 5.86. The Labute approximate surface area is 174 Å². The predicted molar refractivity (Wildman–Crippen MR) is 116 cm³/mol. The minimum absolute atomic E-state index is 0.254. The third-order valence-corrected chi connectivity index (χ3v) is 5.83. The molecule has 1 unspecified atom stereocenters. The lowest BCUT2D eigenvalue weighted by molar-refractivity contribution is 0.0382. The minimum Gasteiger partial charge on any atom is -0.378 e. The van der Waals surface area contributed by atoms with Crippen molar-refractivity contribution in [3.05, 3.63) is 54.6 Å². The summed E-state index contributed by atoms with van der Waals surface area (Å²) < 4.78 is 13.3. The Kier molecular flexibility index (Phi) is 4.37. The van der Waals surface area contributed by atoms with E-state index in [1.54, 1.807) is 0 Å². The van der Waals surface area contributed by atoms with E-state index < -0.39 is 0 Å². The van der Waals surface area contributed by atoms with Crippen LogP contribution in [-0.4, -0.2) is 54.2 Å². The highest BCUT2D eigenvalue weighted by molar-refractivity contribution is 5.96. The van der Waals surface area contributed by atoms with Crippen LogP contribution in [0.3, 0.4) is 0 Å². The molecule has 2 saturated heterocycles. The number of benzene rings is 2. The van der Waals surface area contributed by atoms with Crippen LogP contribution in [0.4, 0.5) is 5.69 Å². The number of para-hydroxylation sites is 1. The number of hydrogen-bond acceptors (Lipinski definition) is 6. The Morgan fingerprint density at radius 3 is 2.73 bits per heavy atom. The Bertz CT molecular complexity index is 1210. The molecular formula is C23H23N5O2. The predicted octanol–water partition coefficient (Wildman–Crippen LogP) is 3.16. The fourth-order valence-electron chi connectivity index (χ4n) is 4.28. The van der Waals surface area contributed by atoms with E-state index in [9.17, 15) is 0 Å². The van der Waals surface area contributed by atoms with Gasteiger partial charge in [-0.1, -0.05) is 24.3 Å². The molecule has 0 radical (unpaired) electrons. The van der Waals surface area contributed by atoms with Crippen LogP contribution in [0.15, 0.2) is 54.6 Å². The highest BCUT2D eigenvalue weighted by atomic mass is 16.5. The Morgan fingerprint density at radius 2 is 1.87 bits per heavy atom. The standard InChI is InChI=1S/C23H23N5O2/c1-2-4-19-16(3-1)5-7-20(25-19)22-18-15-17(27-10-13-29-14-11-27)6-8-21(18)28(26-22)23-24-9-12-30-23/h1-8,15,23-24H,9-14H2. The van der Waals surface area contributed by atoms with Crippen LogP contribution in [0.25, 0.3) is 33.2 Å². The van der Waals surface area contributed by atoms with E-state index in [2.05, 4.69) is 46.6 Å². The summed E-state index contributed by atoms with van der Waals surface area (Å²) in [5.41, 5.74) is 4.94. The normalized spacial score (nSPS) is 19.7. The van der Waals surface area contributed by atoms with Gasteiger partial charge in [0.05, 0.1) is 36.5 Å². The SMILES string of the molecule is c1ccc2nc(-c3nn(C4NCCO4)c4ccc(N5CCOCC5)cc34)ccc2c1. The van der Waals surface area contributed by atoms with E-state index in [1.165, 1.54) is 5.69 Å². The number of morpholine rings is 1. The molecule has 7 nitrogen and oxygen atoms in total. The van der Waals surface area contributed by atoms with Crippen LogP contribution in [0.2, 0.25) is 0 Å². The van der Waals surface area contributed by atoms with E-state index >= 15 is 0 Å². The van der Waals surface area contributed by atoms with Gasteiger partial charge < -0.3 is 14.4 Å². The molecule has 0 aliphatic carbocycles. The zero-order chi connectivity index (χ0) is 19.9. The van der Waals surface area contributed by atoms with Crippen LogP contribution in [0, 0.1) is 0 Å². The summed E-state index contributed by atoms with van der Waals surface area (Å²) in [7, 11) is 0. The van der Waals surface area contributed by atoms with Crippen LogP contribution >= 0.6 is 0 Å². The highest BCUT2D eigenvalue weighted by Crippen LogP contribution is 2.33. The van der Waals surface area contributed by atoms with E-state index in [0.29, 0.717) is 6.61 Å². The van der Waals surface area contributed by atoms with Crippen molar-refractivity contribution in [1.29, 1.82) is 0 Å². The zero-order valence-corrected chi connectivity index (χ0v) is 16.6.